The summed E-state index contributed by atoms with van der Waals surface area (Å²) in [5.74, 6) is -1.84. The number of hydrogen-bond acceptors (Lipinski definition) is 6. The molecule has 6 nitrogen and oxygen atoms in total. The minimum absolute atomic E-state index is 0.117. The Kier molecular flexibility index (Phi) is 5.59. The normalized spacial score (nSPS) is 18.8. The lowest BCUT2D eigenvalue weighted by atomic mass is 10.2. The number of carbonyl (C=O) groups is 1. The number of nitrogens with one attached hydrogen (secondary N) is 2. The van der Waals surface area contributed by atoms with Crippen LogP contribution in [0, 0.1) is 6.07 Å². The van der Waals surface area contributed by atoms with E-state index >= 15 is 0 Å². The summed E-state index contributed by atoms with van der Waals surface area (Å²) in [5.41, 5.74) is -1.73. The van der Waals surface area contributed by atoms with Crippen molar-refractivity contribution >= 4 is 33.5 Å². The van der Waals surface area contributed by atoms with Gasteiger partial charge in [-0.1, -0.05) is 17.8 Å². The third-order valence-electron chi connectivity index (χ3n) is 3.87. The van der Waals surface area contributed by atoms with Crippen molar-refractivity contribution in [2.75, 3.05) is 5.32 Å². The molecule has 1 aliphatic rings. The highest BCUT2D eigenvalue weighted by Gasteiger charge is 2.61. The molecule has 167 valence electrons. The predicted molar refractivity (Wildman–Crippen MR) is 96.6 cm³/mol. The average Bonchev–Trinajstić information content (AvgIpc) is 2.99. The van der Waals surface area contributed by atoms with Crippen LogP contribution >= 0.6 is 11.8 Å². The van der Waals surface area contributed by atoms with Crippen molar-refractivity contribution < 1.29 is 43.7 Å². The average molecular weight is 485 g/mol. The van der Waals surface area contributed by atoms with Gasteiger partial charge in [0.1, 0.15) is 4.90 Å². The summed E-state index contributed by atoms with van der Waals surface area (Å²) in [6.45, 7) is 0.850. The van der Waals surface area contributed by atoms with E-state index in [2.05, 4.69) is 10.2 Å². The number of thioether (sulfide) groups is 1. The molecule has 31 heavy (non-hydrogen) atoms. The molecule has 0 fully saturated rings. The van der Waals surface area contributed by atoms with Gasteiger partial charge in [-0.05, 0) is 30.3 Å². The second-order valence-electron chi connectivity index (χ2n) is 6.19. The van der Waals surface area contributed by atoms with Gasteiger partial charge in [0, 0.05) is 17.9 Å². The van der Waals surface area contributed by atoms with Crippen molar-refractivity contribution in [2.45, 2.75) is 34.1 Å². The van der Waals surface area contributed by atoms with Crippen molar-refractivity contribution in [3.8, 4) is 5.75 Å². The lowest BCUT2D eigenvalue weighted by Gasteiger charge is -2.31. The van der Waals surface area contributed by atoms with Crippen LogP contribution < -0.4 is 14.8 Å². The minimum atomic E-state index is -5.04. The third kappa shape index (κ3) is 4.54. The van der Waals surface area contributed by atoms with E-state index in [1.807, 2.05) is 5.32 Å². The van der Waals surface area contributed by atoms with Gasteiger partial charge >= 0.3 is 22.5 Å². The lowest BCUT2D eigenvalue weighted by molar-refractivity contribution is -0.164. The van der Waals surface area contributed by atoms with Gasteiger partial charge in [-0.2, -0.15) is 34.8 Å². The summed E-state index contributed by atoms with van der Waals surface area (Å²) in [7, 11) is -4.88. The third-order valence-corrected chi connectivity index (χ3v) is 6.45. The largest absolute Gasteiger partial charge is 0.441 e. The molecule has 0 saturated heterocycles. The van der Waals surface area contributed by atoms with E-state index in [-0.39, 0.29) is 16.7 Å². The fourth-order valence-corrected chi connectivity index (χ4v) is 4.98. The molecule has 0 spiro atoms. The Balaban J connectivity index is 2.01. The van der Waals surface area contributed by atoms with Crippen molar-refractivity contribution in [3.63, 3.8) is 0 Å². The van der Waals surface area contributed by atoms with Crippen LogP contribution in [-0.2, 0) is 21.1 Å². The first-order valence-corrected chi connectivity index (χ1v) is 10.4. The summed E-state index contributed by atoms with van der Waals surface area (Å²) in [6.07, 6.45) is -9.83. The van der Waals surface area contributed by atoms with Gasteiger partial charge in [-0.3, -0.25) is 4.79 Å². The van der Waals surface area contributed by atoms with Crippen LogP contribution in [0.15, 0.2) is 46.2 Å². The zero-order chi connectivity index (χ0) is 23.2. The number of alkyl halides is 6. The van der Waals surface area contributed by atoms with Crippen molar-refractivity contribution in [3.05, 3.63) is 48.0 Å². The van der Waals surface area contributed by atoms with E-state index in [4.69, 9.17) is 0 Å². The molecule has 1 heterocycles. The first-order chi connectivity index (χ1) is 14.1. The molecule has 0 bridgehead atoms. The van der Waals surface area contributed by atoms with Crippen LogP contribution in [-0.4, -0.2) is 25.5 Å². The molecule has 2 aromatic carbocycles. The summed E-state index contributed by atoms with van der Waals surface area (Å²) in [6, 6.07) is 7.22. The predicted octanol–water partition coefficient (Wildman–Crippen LogP) is 4.14. The zero-order valence-corrected chi connectivity index (χ0v) is 16.8. The van der Waals surface area contributed by atoms with Gasteiger partial charge < -0.3 is 14.8 Å². The van der Waals surface area contributed by atoms with Crippen molar-refractivity contribution in [2.24, 2.45) is 0 Å². The van der Waals surface area contributed by atoms with Gasteiger partial charge in [0.2, 0.25) is 5.91 Å². The van der Waals surface area contributed by atoms with E-state index in [1.165, 1.54) is 6.07 Å². The van der Waals surface area contributed by atoms with Gasteiger partial charge in [0.25, 0.3) is 4.99 Å². The smallest absolute Gasteiger partial charge is 0.378 e. The maximum atomic E-state index is 13.7. The van der Waals surface area contributed by atoms with E-state index in [0.29, 0.717) is 12.1 Å². The van der Waals surface area contributed by atoms with Gasteiger partial charge in [-0.25, -0.2) is 0 Å². The first kappa shape index (κ1) is 23.1. The number of rotatable bonds is 4. The number of para-hydroxylation sites is 1. The van der Waals surface area contributed by atoms with E-state index in [0.717, 1.165) is 25.1 Å². The Morgan fingerprint density at radius 3 is 2.45 bits per heavy atom. The molecule has 1 unspecified atom stereocenters. The number of hydrogen-bond donors (Lipinski definition) is 2. The maximum absolute atomic E-state index is 13.7. The molecule has 1 radical (unpaired) electrons. The second-order valence-corrected chi connectivity index (χ2v) is 8.96. The molecule has 1 atom stereocenters. The number of benzene rings is 2. The summed E-state index contributed by atoms with van der Waals surface area (Å²) < 4.78 is 110. The topological polar surface area (TPSA) is 84.5 Å². The number of halogens is 6. The van der Waals surface area contributed by atoms with Gasteiger partial charge in [0.05, 0.1) is 11.3 Å². The van der Waals surface area contributed by atoms with Crippen LogP contribution in [0.3, 0.4) is 0 Å². The molecule has 0 saturated carbocycles. The quantitative estimate of drug-likeness (QED) is 0.500. The molecule has 1 aliphatic heterocycles. The van der Waals surface area contributed by atoms with Crippen LogP contribution in [0.5, 0.6) is 5.75 Å². The number of carbonyl (C=O) groups excluding carboxylic acids is 1. The molecule has 2 N–H and O–H groups in total. The van der Waals surface area contributed by atoms with Crippen LogP contribution in [0.4, 0.5) is 32.0 Å². The number of anilines is 1. The summed E-state index contributed by atoms with van der Waals surface area (Å²) >= 11 is 0.117. The van der Waals surface area contributed by atoms with Gasteiger partial charge in [-0.15, -0.1) is 0 Å². The summed E-state index contributed by atoms with van der Waals surface area (Å²) in [4.78, 5) is 7.35. The highest BCUT2D eigenvalue weighted by molar-refractivity contribution is 8.01. The molecule has 3 rings (SSSR count). The lowest BCUT2D eigenvalue weighted by Crippen LogP contribution is -2.59. The minimum Gasteiger partial charge on any atom is -0.378 e. The second kappa shape index (κ2) is 7.51. The molecule has 1 amide bonds. The Bertz CT molecular complexity index is 1130. The molecular formula is C17H11F6N2O4S2. The monoisotopic (exact) mass is 485 g/mol. The van der Waals surface area contributed by atoms with E-state index in [1.54, 1.807) is 5.32 Å². The highest BCUT2D eigenvalue weighted by atomic mass is 32.2. The van der Waals surface area contributed by atoms with Crippen LogP contribution in [0.1, 0.15) is 12.5 Å². The highest BCUT2D eigenvalue weighted by Crippen LogP contribution is 2.53. The zero-order valence-electron chi connectivity index (χ0n) is 15.2. The molecular weight excluding hydrogens is 474 g/mol. The van der Waals surface area contributed by atoms with Gasteiger partial charge in [0.15, 0.2) is 5.75 Å². The van der Waals surface area contributed by atoms with E-state index in [9.17, 15) is 39.6 Å². The Labute approximate surface area is 176 Å². The molecule has 0 aromatic heterocycles. The Morgan fingerprint density at radius 2 is 1.87 bits per heavy atom. The number of amides is 1. The standard InChI is InChI=1S/C17H11F6N2O4S2/c1-9(26)24-17(16(21,22)23)25-14-12(30-17)6-3-7-13(14)31(27,28)29-11-5-2-4-10(8-11)15(18,19)20/h2-4,6-8,25H,1H3,(H,24,26). The Morgan fingerprint density at radius 1 is 1.19 bits per heavy atom. The molecule has 14 heteroatoms. The fraction of sp³-hybridized carbons (Fsp3) is 0.235. The Hall–Kier alpha value is -2.61. The maximum Gasteiger partial charge on any atom is 0.441 e. The fourth-order valence-electron chi connectivity index (χ4n) is 2.63. The van der Waals surface area contributed by atoms with Crippen LogP contribution in [0.25, 0.3) is 0 Å². The summed E-state index contributed by atoms with van der Waals surface area (Å²) in [5, 5.41) is 3.69. The SMILES string of the molecule is CC(=O)NC1(C(F)(F)F)Nc2c(cccc2S(=O)(=O)Oc2[c]ccc(C(F)(F)F)c2)S1. The van der Waals surface area contributed by atoms with E-state index < -0.39 is 55.3 Å². The number of fused-ring (bicyclic) bond motifs is 1. The molecule has 0 aliphatic carbocycles. The molecule has 2 aromatic rings. The first-order valence-electron chi connectivity index (χ1n) is 8.14. The van der Waals surface area contributed by atoms with Crippen LogP contribution in [0.2, 0.25) is 0 Å². The van der Waals surface area contributed by atoms with Crippen molar-refractivity contribution in [1.82, 2.24) is 5.32 Å². The van der Waals surface area contributed by atoms with Crippen molar-refractivity contribution in [1.29, 1.82) is 0 Å².